The Balaban J connectivity index is 1.88. The molecule has 2 saturated carbocycles. The van der Waals surface area contributed by atoms with Crippen LogP contribution in [-0.4, -0.2) is 117 Å². The summed E-state index contributed by atoms with van der Waals surface area (Å²) in [6, 6.07) is 2.95. The van der Waals surface area contributed by atoms with E-state index >= 15 is 0 Å². The zero-order valence-electron chi connectivity index (χ0n) is 29.2. The predicted molar refractivity (Wildman–Crippen MR) is 165 cm³/mol. The van der Waals surface area contributed by atoms with E-state index in [0.717, 1.165) is 34.6 Å². The lowest BCUT2D eigenvalue weighted by atomic mass is 9.45. The maximum Gasteiger partial charge on any atom is 0.340 e. The van der Waals surface area contributed by atoms with Crippen molar-refractivity contribution in [1.82, 2.24) is 4.98 Å². The summed E-state index contributed by atoms with van der Waals surface area (Å²) in [7, 11) is 0. The maximum atomic E-state index is 14.7. The van der Waals surface area contributed by atoms with E-state index in [1.54, 1.807) is 0 Å². The smallest absolute Gasteiger partial charge is 0.340 e. The molecule has 3 fully saturated rings. The first kappa shape index (κ1) is 37.8. The molecule has 2 aliphatic carbocycles. The molecule has 3 heterocycles. The third kappa shape index (κ3) is 5.84. The SMILES string of the molecule is CC(=O)OC[C@]12[C@H](OC(C)=O)C(=O)[C@@H]3[C@@H](O)[C@@]14O[C@@]3(C)COC(=O)c1cccnc1CCC(C)C(=O)O[C@@H]([C@H](OC(C)=O)[C@@H]2OC(C)=O)[C@]4(C)O. The van der Waals surface area contributed by atoms with Gasteiger partial charge in [0, 0.05) is 33.9 Å². The second-order valence-corrected chi connectivity index (χ2v) is 13.9. The first-order chi connectivity index (χ1) is 23.7. The molecule has 51 heavy (non-hydrogen) atoms. The predicted octanol–water partition coefficient (Wildman–Crippen LogP) is -0.0708. The standard InChI is InChI=1S/C34H41NO16/c1-15-10-11-21-20(9-8-12-35-21)30(43)46-13-31(6)22-23(40)26(48-18(4)38)33(14-45-16(2)36)28(49-19(5)39)24(47-17(3)37)27(50-29(15)42)32(7,44)34(33,51-31)25(22)41/h8-9,12,15,22,24-28,41,44H,10-11,13-14H2,1-7H3/t15?,22-,24+,25-,26-,27+,28+,31+,32+,33-,34+/m1/s1. The number of aryl methyl sites for hydroxylation is 1. The fraction of sp³-hybridized carbons (Fsp3) is 0.647. The van der Waals surface area contributed by atoms with Crippen LogP contribution in [0.25, 0.3) is 0 Å². The van der Waals surface area contributed by atoms with Crippen LogP contribution >= 0.6 is 0 Å². The van der Waals surface area contributed by atoms with E-state index < -0.39 is 119 Å². The van der Waals surface area contributed by atoms with Crippen molar-refractivity contribution in [1.29, 1.82) is 0 Å². The number of esters is 6. The number of carbonyl (C=O) groups is 7. The highest BCUT2D eigenvalue weighted by molar-refractivity contribution is 5.93. The molecule has 0 radical (unpaired) electrons. The van der Waals surface area contributed by atoms with Crippen molar-refractivity contribution < 1.29 is 76.9 Å². The Kier molecular flexibility index (Phi) is 9.81. The normalized spacial score (nSPS) is 38.9. The van der Waals surface area contributed by atoms with E-state index in [4.69, 9.17) is 33.2 Å². The van der Waals surface area contributed by atoms with Gasteiger partial charge in [0.2, 0.25) is 0 Å². The molecule has 1 aromatic heterocycles. The van der Waals surface area contributed by atoms with Gasteiger partial charge in [0.15, 0.2) is 30.2 Å². The highest BCUT2D eigenvalue weighted by Crippen LogP contribution is 2.68. The molecule has 4 aliphatic rings. The maximum absolute atomic E-state index is 14.7. The summed E-state index contributed by atoms with van der Waals surface area (Å²) in [4.78, 5) is 97.2. The molecule has 2 N–H and O–H groups in total. The quantitative estimate of drug-likeness (QED) is 0.299. The van der Waals surface area contributed by atoms with Crippen LogP contribution in [0.2, 0.25) is 0 Å². The molecule has 4 bridgehead atoms. The zero-order valence-corrected chi connectivity index (χ0v) is 29.2. The average molecular weight is 720 g/mol. The number of nitrogens with zero attached hydrogens (tertiary/aromatic N) is 1. The summed E-state index contributed by atoms with van der Waals surface area (Å²) in [5.74, 6) is -9.71. The second kappa shape index (κ2) is 13.2. The number of pyridine rings is 1. The summed E-state index contributed by atoms with van der Waals surface area (Å²) in [6.07, 6.45) is -8.77. The van der Waals surface area contributed by atoms with Gasteiger partial charge in [-0.2, -0.15) is 0 Å². The number of cyclic esters (lactones) is 1. The molecule has 17 heteroatoms. The highest BCUT2D eigenvalue weighted by atomic mass is 16.7. The van der Waals surface area contributed by atoms with Crippen LogP contribution in [0.3, 0.4) is 0 Å². The Hall–Kier alpha value is -4.48. The number of aromatic nitrogens is 1. The van der Waals surface area contributed by atoms with Crippen LogP contribution in [0.1, 0.15) is 70.9 Å². The number of hydrogen-bond acceptors (Lipinski definition) is 17. The van der Waals surface area contributed by atoms with Gasteiger partial charge in [-0.15, -0.1) is 0 Å². The van der Waals surface area contributed by atoms with Gasteiger partial charge in [0.1, 0.15) is 35.4 Å². The molecule has 1 unspecified atom stereocenters. The van der Waals surface area contributed by atoms with E-state index in [-0.39, 0.29) is 24.1 Å². The number of Topliss-reactive ketones (excluding diaryl/α,β-unsaturated/α-hetero) is 1. The number of rotatable bonds is 5. The van der Waals surface area contributed by atoms with Gasteiger partial charge < -0.3 is 43.4 Å². The first-order valence-corrected chi connectivity index (χ1v) is 16.4. The average Bonchev–Trinajstić information content (AvgIpc) is 3.24. The molecule has 5 rings (SSSR count). The van der Waals surface area contributed by atoms with E-state index in [2.05, 4.69) is 4.98 Å². The van der Waals surface area contributed by atoms with E-state index in [1.807, 2.05) is 0 Å². The number of aliphatic hydroxyl groups is 2. The molecule has 11 atom stereocenters. The fourth-order valence-electron chi connectivity index (χ4n) is 8.32. The Morgan fingerprint density at radius 1 is 0.980 bits per heavy atom. The van der Waals surface area contributed by atoms with E-state index in [0.29, 0.717) is 0 Å². The molecule has 2 aliphatic heterocycles. The first-order valence-electron chi connectivity index (χ1n) is 16.4. The van der Waals surface area contributed by atoms with E-state index in [1.165, 1.54) is 32.2 Å². The molecule has 17 nitrogen and oxygen atoms in total. The monoisotopic (exact) mass is 719 g/mol. The van der Waals surface area contributed by atoms with Gasteiger partial charge in [-0.05, 0) is 38.8 Å². The van der Waals surface area contributed by atoms with Crippen molar-refractivity contribution in [2.45, 2.75) is 109 Å². The van der Waals surface area contributed by atoms with Crippen LogP contribution < -0.4 is 0 Å². The van der Waals surface area contributed by atoms with E-state index in [9.17, 15) is 43.8 Å². The van der Waals surface area contributed by atoms with Gasteiger partial charge in [0.25, 0.3) is 0 Å². The Morgan fingerprint density at radius 2 is 1.63 bits per heavy atom. The van der Waals surface area contributed by atoms with Crippen molar-refractivity contribution in [2.24, 2.45) is 17.3 Å². The second-order valence-electron chi connectivity index (χ2n) is 13.9. The highest BCUT2D eigenvalue weighted by Gasteiger charge is 2.90. The molecular formula is C34H41NO16. The van der Waals surface area contributed by atoms with Gasteiger partial charge in [0.05, 0.1) is 29.2 Å². The fourth-order valence-corrected chi connectivity index (χ4v) is 8.32. The largest absolute Gasteiger partial charge is 0.465 e. The van der Waals surface area contributed by atoms with Crippen molar-refractivity contribution in [2.75, 3.05) is 13.2 Å². The van der Waals surface area contributed by atoms with Crippen molar-refractivity contribution in [3.05, 3.63) is 29.6 Å². The summed E-state index contributed by atoms with van der Waals surface area (Å²) in [5.41, 5.74) is -9.85. The van der Waals surface area contributed by atoms with Crippen LogP contribution in [0, 0.1) is 17.3 Å². The van der Waals surface area contributed by atoms with Gasteiger partial charge in [-0.3, -0.25) is 33.8 Å². The Bertz CT molecular complexity index is 1660. The molecule has 278 valence electrons. The number of fused-ring (bicyclic) bond motifs is 5. The van der Waals surface area contributed by atoms with Gasteiger partial charge in [-0.1, -0.05) is 6.92 Å². The third-order valence-corrected chi connectivity index (χ3v) is 10.4. The van der Waals surface area contributed by atoms with Crippen LogP contribution in [-0.2, 0) is 68.3 Å². The number of ether oxygens (including phenoxy) is 7. The summed E-state index contributed by atoms with van der Waals surface area (Å²) in [5, 5.41) is 25.3. The molecule has 0 amide bonds. The Labute approximate surface area is 292 Å². The molecule has 1 saturated heterocycles. The zero-order chi connectivity index (χ0) is 37.8. The van der Waals surface area contributed by atoms with Crippen LogP contribution in [0.4, 0.5) is 0 Å². The van der Waals surface area contributed by atoms with Crippen molar-refractivity contribution in [3.8, 4) is 0 Å². The minimum Gasteiger partial charge on any atom is -0.465 e. The van der Waals surface area contributed by atoms with Crippen LogP contribution in [0.5, 0.6) is 0 Å². The molecule has 0 aromatic carbocycles. The molecular weight excluding hydrogens is 678 g/mol. The topological polar surface area (TPSA) is 237 Å². The lowest BCUT2D eigenvalue weighted by molar-refractivity contribution is -0.376. The van der Waals surface area contributed by atoms with Crippen molar-refractivity contribution >= 4 is 41.6 Å². The third-order valence-electron chi connectivity index (χ3n) is 10.4. The number of carbonyl (C=O) groups excluding carboxylic acids is 7. The van der Waals surface area contributed by atoms with Crippen LogP contribution in [0.15, 0.2) is 18.3 Å². The van der Waals surface area contributed by atoms with Gasteiger partial charge in [-0.25, -0.2) is 4.79 Å². The summed E-state index contributed by atoms with van der Waals surface area (Å²) < 4.78 is 40.7. The minimum absolute atomic E-state index is 0.0418. The molecule has 1 spiro atoms. The molecule has 1 aromatic rings. The Morgan fingerprint density at radius 3 is 2.24 bits per heavy atom. The number of ketones is 1. The lowest BCUT2D eigenvalue weighted by Crippen LogP contribution is -2.88. The number of aliphatic hydroxyl groups excluding tert-OH is 1. The van der Waals surface area contributed by atoms with Gasteiger partial charge >= 0.3 is 35.8 Å². The summed E-state index contributed by atoms with van der Waals surface area (Å²) in [6.45, 7) is 5.95. The minimum atomic E-state index is -2.76. The lowest BCUT2D eigenvalue weighted by Gasteiger charge is -2.66. The summed E-state index contributed by atoms with van der Waals surface area (Å²) >= 11 is 0. The van der Waals surface area contributed by atoms with Crippen molar-refractivity contribution in [3.63, 3.8) is 0 Å². The number of hydrogen-bond donors (Lipinski definition) is 2.